The third-order valence-electron chi connectivity index (χ3n) is 7.34. The van der Waals surface area contributed by atoms with Crippen molar-refractivity contribution >= 4 is 5.78 Å². The number of hydrogen-bond acceptors (Lipinski definition) is 4. The fourth-order valence-electron chi connectivity index (χ4n) is 4.96. The highest BCUT2D eigenvalue weighted by atomic mass is 16.5. The first kappa shape index (κ1) is 24.8. The largest absolute Gasteiger partial charge is 0.489 e. The zero-order chi connectivity index (χ0) is 25.6. The third kappa shape index (κ3) is 5.77. The van der Waals surface area contributed by atoms with Gasteiger partial charge in [0.05, 0.1) is 0 Å². The van der Waals surface area contributed by atoms with Crippen LogP contribution in [0.4, 0.5) is 0 Å². The summed E-state index contributed by atoms with van der Waals surface area (Å²) in [6, 6.07) is 22.4. The normalized spacial score (nSPS) is 14.6. The lowest BCUT2D eigenvalue weighted by Gasteiger charge is -2.25. The van der Waals surface area contributed by atoms with Crippen LogP contribution in [0.25, 0.3) is 0 Å². The molecule has 0 fully saturated rings. The molecule has 0 aliphatic heterocycles. The number of nitrogens with one attached hydrogen (secondary N) is 1. The van der Waals surface area contributed by atoms with E-state index in [4.69, 9.17) is 9.47 Å². The summed E-state index contributed by atoms with van der Waals surface area (Å²) in [6.45, 7) is 4.78. The molecule has 0 spiro atoms. The maximum atomic E-state index is 12.7. The molecule has 0 radical (unpaired) electrons. The van der Waals surface area contributed by atoms with Crippen molar-refractivity contribution in [3.63, 3.8) is 0 Å². The molecule has 0 saturated carbocycles. The van der Waals surface area contributed by atoms with Gasteiger partial charge in [0.2, 0.25) is 0 Å². The summed E-state index contributed by atoms with van der Waals surface area (Å²) in [4.78, 5) is 20.3. The number of ketones is 1. The van der Waals surface area contributed by atoms with E-state index in [1.54, 1.807) is 6.20 Å². The van der Waals surface area contributed by atoms with Crippen LogP contribution in [0.3, 0.4) is 0 Å². The van der Waals surface area contributed by atoms with E-state index in [9.17, 15) is 4.79 Å². The number of nitrogens with zero attached hydrogens (tertiary/aromatic N) is 1. The van der Waals surface area contributed by atoms with Gasteiger partial charge in [-0.25, -0.2) is 4.98 Å². The van der Waals surface area contributed by atoms with Crippen molar-refractivity contribution in [3.8, 4) is 11.5 Å². The Hall–Kier alpha value is -3.86. The minimum Gasteiger partial charge on any atom is -0.489 e. The van der Waals surface area contributed by atoms with Gasteiger partial charge in [0.15, 0.2) is 5.78 Å². The molecule has 5 nitrogen and oxygen atoms in total. The van der Waals surface area contributed by atoms with Crippen LogP contribution < -0.4 is 9.47 Å². The highest BCUT2D eigenvalue weighted by molar-refractivity contribution is 5.99. The number of Topliss-reactive ketones (excluding diaryl/α,β-unsaturated/α-hetero) is 1. The van der Waals surface area contributed by atoms with Crippen LogP contribution in [-0.4, -0.2) is 15.8 Å². The molecule has 5 heteroatoms. The Morgan fingerprint density at radius 3 is 2.51 bits per heavy atom. The second-order valence-corrected chi connectivity index (χ2v) is 9.77. The third-order valence-corrected chi connectivity index (χ3v) is 7.34. The van der Waals surface area contributed by atoms with Gasteiger partial charge in [0.25, 0.3) is 0 Å². The highest BCUT2D eigenvalue weighted by Crippen LogP contribution is 2.35. The van der Waals surface area contributed by atoms with Crippen LogP contribution in [0.2, 0.25) is 0 Å². The zero-order valence-electron chi connectivity index (χ0n) is 21.6. The van der Waals surface area contributed by atoms with Crippen LogP contribution >= 0.6 is 0 Å². The minimum atomic E-state index is -0.238. The molecule has 0 amide bonds. The Morgan fingerprint density at radius 1 is 0.973 bits per heavy atom. The first-order valence-electron chi connectivity index (χ1n) is 13.2. The second-order valence-electron chi connectivity index (χ2n) is 9.77. The van der Waals surface area contributed by atoms with Crippen molar-refractivity contribution in [3.05, 3.63) is 113 Å². The molecule has 190 valence electrons. The summed E-state index contributed by atoms with van der Waals surface area (Å²) in [5, 5.41) is 0. The topological polar surface area (TPSA) is 64.2 Å². The van der Waals surface area contributed by atoms with Crippen LogP contribution in [0.1, 0.15) is 83.6 Å². The monoisotopic (exact) mass is 494 g/mol. The molecule has 5 rings (SSSR count). The van der Waals surface area contributed by atoms with E-state index in [2.05, 4.69) is 48.1 Å². The highest BCUT2D eigenvalue weighted by Gasteiger charge is 2.25. The number of aromatic amines is 1. The molecule has 1 aliphatic rings. The van der Waals surface area contributed by atoms with Gasteiger partial charge in [-0.3, -0.25) is 4.79 Å². The van der Waals surface area contributed by atoms with Crippen molar-refractivity contribution in [2.75, 3.05) is 0 Å². The summed E-state index contributed by atoms with van der Waals surface area (Å²) in [7, 11) is 0. The molecule has 1 N–H and O–H groups in total. The second kappa shape index (κ2) is 11.5. The number of hydrogen-bond donors (Lipinski definition) is 1. The van der Waals surface area contributed by atoms with Crippen molar-refractivity contribution in [2.24, 2.45) is 0 Å². The fourth-order valence-corrected chi connectivity index (χ4v) is 4.96. The molecule has 1 aromatic heterocycles. The Bertz CT molecular complexity index is 1310. The molecule has 1 heterocycles. The lowest BCUT2D eigenvalue weighted by atomic mass is 9.87. The number of H-pyrrole nitrogens is 1. The number of ether oxygens (including phenoxy) is 2. The van der Waals surface area contributed by atoms with Crippen molar-refractivity contribution in [1.29, 1.82) is 0 Å². The van der Waals surface area contributed by atoms with Gasteiger partial charge < -0.3 is 14.5 Å². The van der Waals surface area contributed by atoms with E-state index >= 15 is 0 Å². The van der Waals surface area contributed by atoms with E-state index in [0.717, 1.165) is 58.8 Å². The Kier molecular flexibility index (Phi) is 7.69. The summed E-state index contributed by atoms with van der Waals surface area (Å²) in [6.07, 6.45) is 7.34. The molecule has 1 aliphatic carbocycles. The number of aromatic nitrogens is 2. The van der Waals surface area contributed by atoms with Gasteiger partial charge >= 0.3 is 0 Å². The molecule has 37 heavy (non-hydrogen) atoms. The molecule has 0 bridgehead atoms. The van der Waals surface area contributed by atoms with Crippen LogP contribution in [0.5, 0.6) is 11.5 Å². The van der Waals surface area contributed by atoms with E-state index in [-0.39, 0.29) is 11.9 Å². The number of rotatable bonds is 10. The number of carbonyl (C=O) groups is 1. The van der Waals surface area contributed by atoms with E-state index in [0.29, 0.717) is 25.4 Å². The predicted octanol–water partition coefficient (Wildman–Crippen LogP) is 7.38. The lowest BCUT2D eigenvalue weighted by Crippen LogP contribution is -2.18. The molecular weight excluding hydrogens is 460 g/mol. The molecular formula is C32H34N2O3. The van der Waals surface area contributed by atoms with E-state index in [1.165, 1.54) is 5.56 Å². The quantitative estimate of drug-likeness (QED) is 0.250. The van der Waals surface area contributed by atoms with Crippen molar-refractivity contribution in [1.82, 2.24) is 9.97 Å². The molecule has 4 aromatic rings. The zero-order valence-corrected chi connectivity index (χ0v) is 21.6. The van der Waals surface area contributed by atoms with E-state index in [1.807, 2.05) is 48.7 Å². The first-order chi connectivity index (χ1) is 18.1. The van der Waals surface area contributed by atoms with Gasteiger partial charge in [-0.05, 0) is 66.1 Å². The number of benzene rings is 3. The molecule has 0 saturated heterocycles. The fraction of sp³-hybridized carbons (Fsp3) is 0.312. The van der Waals surface area contributed by atoms with Crippen molar-refractivity contribution in [2.45, 2.75) is 64.6 Å². The Morgan fingerprint density at radius 2 is 1.78 bits per heavy atom. The van der Waals surface area contributed by atoms with E-state index < -0.39 is 0 Å². The summed E-state index contributed by atoms with van der Waals surface area (Å²) in [5.41, 5.74) is 5.18. The van der Waals surface area contributed by atoms with Gasteiger partial charge in [0.1, 0.15) is 30.0 Å². The Balaban J connectivity index is 1.45. The predicted molar refractivity (Wildman–Crippen MR) is 145 cm³/mol. The molecule has 2 atom stereocenters. The first-order valence-corrected chi connectivity index (χ1v) is 13.2. The maximum Gasteiger partial charge on any atom is 0.163 e. The number of fused-ring (bicyclic) bond motifs is 1. The smallest absolute Gasteiger partial charge is 0.163 e. The van der Waals surface area contributed by atoms with Gasteiger partial charge in [0, 0.05) is 36.4 Å². The van der Waals surface area contributed by atoms with Crippen LogP contribution in [-0.2, 0) is 19.4 Å². The maximum absolute atomic E-state index is 12.7. The van der Waals surface area contributed by atoms with Crippen LogP contribution in [0, 0.1) is 0 Å². The summed E-state index contributed by atoms with van der Waals surface area (Å²) in [5.74, 6) is 3.15. The number of imidazole rings is 1. The average Bonchev–Trinajstić information content (AvgIpc) is 3.46. The molecule has 3 aromatic carbocycles. The molecule has 1 unspecified atom stereocenters. The standard InChI is InChI=1S/C32H34N2O3/c1-3-22(2)23-12-14-25(15-13-23)36-21-28-26-10-7-11-29(35)27(26)16-17-30(28)37-31(20-32-33-18-19-34-32)24-8-5-4-6-9-24/h4-6,8-9,12-19,22,31H,3,7,10-11,20-21H2,1-2H3,(H,33,34)/t22?,31-/m0/s1. The summed E-state index contributed by atoms with van der Waals surface area (Å²) >= 11 is 0. The van der Waals surface area contributed by atoms with Crippen LogP contribution in [0.15, 0.2) is 79.1 Å². The van der Waals surface area contributed by atoms with Crippen molar-refractivity contribution < 1.29 is 14.3 Å². The van der Waals surface area contributed by atoms with Gasteiger partial charge in [-0.1, -0.05) is 56.3 Å². The number of carbonyl (C=O) groups excluding carboxylic acids is 1. The van der Waals surface area contributed by atoms with Gasteiger partial charge in [-0.2, -0.15) is 0 Å². The average molecular weight is 495 g/mol. The van der Waals surface area contributed by atoms with Gasteiger partial charge in [-0.15, -0.1) is 0 Å². The SMILES string of the molecule is CCC(C)c1ccc(OCc2c(O[C@@H](Cc3ncc[nH]3)c3ccccc3)ccc3c2CCCC3=O)cc1. The lowest BCUT2D eigenvalue weighted by molar-refractivity contribution is 0.0971. The Labute approximate surface area is 218 Å². The minimum absolute atomic E-state index is 0.196. The summed E-state index contributed by atoms with van der Waals surface area (Å²) < 4.78 is 13.0.